The van der Waals surface area contributed by atoms with Crippen LogP contribution < -0.4 is 10.5 Å². The summed E-state index contributed by atoms with van der Waals surface area (Å²) in [5, 5.41) is 7.64. The van der Waals surface area contributed by atoms with Gasteiger partial charge in [-0.25, -0.2) is 18.4 Å². The smallest absolute Gasteiger partial charge is 0.339 e. The molecule has 0 aliphatic carbocycles. The SMILES string of the molecule is Cc1ccc(C(=O)c2ccccc2C(=O)OCC(=O)Nc2ccc(C)c(S(N)(=O)=O)c2)cc1C. The van der Waals surface area contributed by atoms with Gasteiger partial charge in [0.05, 0.1) is 10.5 Å². The van der Waals surface area contributed by atoms with Crippen molar-refractivity contribution in [1.82, 2.24) is 0 Å². The Labute approximate surface area is 197 Å². The van der Waals surface area contributed by atoms with Crippen LogP contribution in [0.5, 0.6) is 0 Å². The molecule has 0 aromatic heterocycles. The third kappa shape index (κ3) is 5.75. The number of amides is 1. The van der Waals surface area contributed by atoms with Gasteiger partial charge in [0, 0.05) is 16.8 Å². The second-order valence-corrected chi connectivity index (χ2v) is 9.35. The Hall–Kier alpha value is -3.82. The number of ether oxygens (including phenoxy) is 1. The van der Waals surface area contributed by atoms with Crippen molar-refractivity contribution < 1.29 is 27.5 Å². The number of benzene rings is 3. The van der Waals surface area contributed by atoms with E-state index in [0.717, 1.165) is 11.1 Å². The van der Waals surface area contributed by atoms with E-state index in [9.17, 15) is 22.8 Å². The highest BCUT2D eigenvalue weighted by atomic mass is 32.2. The van der Waals surface area contributed by atoms with Gasteiger partial charge in [-0.1, -0.05) is 36.4 Å². The van der Waals surface area contributed by atoms with Crippen molar-refractivity contribution in [1.29, 1.82) is 0 Å². The van der Waals surface area contributed by atoms with Gasteiger partial charge in [-0.05, 0) is 61.7 Å². The van der Waals surface area contributed by atoms with Gasteiger partial charge in [0.2, 0.25) is 10.0 Å². The topological polar surface area (TPSA) is 133 Å². The van der Waals surface area contributed by atoms with Crippen LogP contribution in [-0.4, -0.2) is 32.7 Å². The Morgan fingerprint density at radius 3 is 2.15 bits per heavy atom. The summed E-state index contributed by atoms with van der Waals surface area (Å²) in [5.41, 5.74) is 3.23. The maximum Gasteiger partial charge on any atom is 0.339 e. The molecule has 0 saturated carbocycles. The molecule has 1 amide bonds. The largest absolute Gasteiger partial charge is 0.452 e. The van der Waals surface area contributed by atoms with Crippen molar-refractivity contribution in [3.05, 3.63) is 94.0 Å². The number of esters is 1. The van der Waals surface area contributed by atoms with Crippen molar-refractivity contribution in [2.75, 3.05) is 11.9 Å². The van der Waals surface area contributed by atoms with E-state index in [1.165, 1.54) is 30.3 Å². The lowest BCUT2D eigenvalue weighted by Gasteiger charge is -2.11. The molecule has 0 aliphatic heterocycles. The number of ketones is 1. The summed E-state index contributed by atoms with van der Waals surface area (Å²) in [6.45, 7) is 4.77. The van der Waals surface area contributed by atoms with Crippen LogP contribution >= 0.6 is 0 Å². The third-order valence-corrected chi connectivity index (χ3v) is 6.33. The highest BCUT2D eigenvalue weighted by Gasteiger charge is 2.20. The fraction of sp³-hybridized carbons (Fsp3) is 0.160. The normalized spacial score (nSPS) is 11.1. The maximum absolute atomic E-state index is 13.0. The maximum atomic E-state index is 13.0. The molecule has 0 spiro atoms. The van der Waals surface area contributed by atoms with Crippen LogP contribution in [0.4, 0.5) is 5.69 Å². The highest BCUT2D eigenvalue weighted by molar-refractivity contribution is 7.89. The molecule has 3 rings (SSSR count). The summed E-state index contributed by atoms with van der Waals surface area (Å²) in [4.78, 5) is 37.8. The first-order valence-corrected chi connectivity index (χ1v) is 11.8. The molecular formula is C25H24N2O6S. The number of aryl methyl sites for hydroxylation is 3. The number of nitrogens with two attached hydrogens (primary N) is 1. The molecule has 0 heterocycles. The highest BCUT2D eigenvalue weighted by Crippen LogP contribution is 2.20. The van der Waals surface area contributed by atoms with Gasteiger partial charge in [-0.15, -0.1) is 0 Å². The number of rotatable bonds is 7. The monoisotopic (exact) mass is 480 g/mol. The van der Waals surface area contributed by atoms with E-state index in [1.54, 1.807) is 31.2 Å². The van der Waals surface area contributed by atoms with Crippen LogP contribution in [0.25, 0.3) is 0 Å². The minimum atomic E-state index is -3.96. The summed E-state index contributed by atoms with van der Waals surface area (Å²) in [6.07, 6.45) is 0. The van der Waals surface area contributed by atoms with E-state index >= 15 is 0 Å². The zero-order chi connectivity index (χ0) is 25.0. The first kappa shape index (κ1) is 24.8. The van der Waals surface area contributed by atoms with E-state index < -0.39 is 28.5 Å². The molecule has 0 atom stereocenters. The Morgan fingerprint density at radius 1 is 0.853 bits per heavy atom. The van der Waals surface area contributed by atoms with Crippen molar-refractivity contribution in [2.45, 2.75) is 25.7 Å². The number of hydrogen-bond acceptors (Lipinski definition) is 6. The average molecular weight is 481 g/mol. The zero-order valence-electron chi connectivity index (χ0n) is 18.9. The molecule has 3 aromatic carbocycles. The number of primary sulfonamides is 1. The molecule has 0 radical (unpaired) electrons. The van der Waals surface area contributed by atoms with Crippen LogP contribution in [0.3, 0.4) is 0 Å². The van der Waals surface area contributed by atoms with Crippen molar-refractivity contribution in [3.8, 4) is 0 Å². The van der Waals surface area contributed by atoms with Crippen molar-refractivity contribution in [2.24, 2.45) is 5.14 Å². The first-order valence-electron chi connectivity index (χ1n) is 10.3. The standard InChI is InChI=1S/C25H24N2O6S/c1-15-8-10-18(12-17(15)3)24(29)20-6-4-5-7-21(20)25(30)33-14-23(28)27-19-11-9-16(2)22(13-19)34(26,31)32/h4-13H,14H2,1-3H3,(H,27,28)(H2,26,31,32). The predicted molar refractivity (Wildman–Crippen MR) is 127 cm³/mol. The molecule has 34 heavy (non-hydrogen) atoms. The number of nitrogens with one attached hydrogen (secondary N) is 1. The fourth-order valence-electron chi connectivity index (χ4n) is 3.29. The van der Waals surface area contributed by atoms with Crippen LogP contribution in [-0.2, 0) is 19.6 Å². The fourth-order valence-corrected chi connectivity index (χ4v) is 4.10. The van der Waals surface area contributed by atoms with E-state index in [1.807, 2.05) is 19.9 Å². The molecule has 0 saturated heterocycles. The molecular weight excluding hydrogens is 456 g/mol. The zero-order valence-corrected chi connectivity index (χ0v) is 19.7. The van der Waals surface area contributed by atoms with Gasteiger partial charge in [0.1, 0.15) is 0 Å². The lowest BCUT2D eigenvalue weighted by Crippen LogP contribution is -2.22. The molecule has 9 heteroatoms. The molecule has 3 N–H and O–H groups in total. The number of carbonyl (C=O) groups is 3. The van der Waals surface area contributed by atoms with E-state index in [-0.39, 0.29) is 27.5 Å². The quantitative estimate of drug-likeness (QED) is 0.394. The van der Waals surface area contributed by atoms with Gasteiger partial charge in [-0.3, -0.25) is 9.59 Å². The summed E-state index contributed by atoms with van der Waals surface area (Å²) < 4.78 is 28.4. The predicted octanol–water partition coefficient (Wildman–Crippen LogP) is 3.29. The van der Waals surface area contributed by atoms with Gasteiger partial charge in [-0.2, -0.15) is 0 Å². The number of sulfonamides is 1. The lowest BCUT2D eigenvalue weighted by atomic mass is 9.96. The van der Waals surface area contributed by atoms with Gasteiger partial charge < -0.3 is 10.1 Å². The van der Waals surface area contributed by atoms with Crippen LogP contribution in [0, 0.1) is 20.8 Å². The van der Waals surface area contributed by atoms with E-state index in [0.29, 0.717) is 11.1 Å². The van der Waals surface area contributed by atoms with Gasteiger partial charge >= 0.3 is 5.97 Å². The lowest BCUT2D eigenvalue weighted by molar-refractivity contribution is -0.119. The first-order chi connectivity index (χ1) is 16.0. The minimum absolute atomic E-state index is 0.0328. The molecule has 0 bridgehead atoms. The van der Waals surface area contributed by atoms with Crippen molar-refractivity contribution >= 4 is 33.4 Å². The second kappa shape index (κ2) is 9.98. The molecule has 176 valence electrons. The number of carbonyl (C=O) groups excluding carboxylic acids is 3. The number of hydrogen-bond donors (Lipinski definition) is 2. The molecule has 0 fully saturated rings. The minimum Gasteiger partial charge on any atom is -0.452 e. The summed E-state index contributed by atoms with van der Waals surface area (Å²) in [6, 6.07) is 15.7. The van der Waals surface area contributed by atoms with Crippen molar-refractivity contribution in [3.63, 3.8) is 0 Å². The third-order valence-electron chi connectivity index (χ3n) is 5.27. The Balaban J connectivity index is 1.72. The average Bonchev–Trinajstić information content (AvgIpc) is 2.79. The van der Waals surface area contributed by atoms with Crippen LogP contribution in [0.1, 0.15) is 43.0 Å². The van der Waals surface area contributed by atoms with Gasteiger partial charge in [0.15, 0.2) is 12.4 Å². The second-order valence-electron chi connectivity index (χ2n) is 7.82. The van der Waals surface area contributed by atoms with Crippen LogP contribution in [0.2, 0.25) is 0 Å². The molecule has 0 aliphatic rings. The summed E-state index contributed by atoms with van der Waals surface area (Å²) in [7, 11) is -3.96. The molecule has 8 nitrogen and oxygen atoms in total. The van der Waals surface area contributed by atoms with E-state index in [2.05, 4.69) is 5.32 Å². The molecule has 3 aromatic rings. The molecule has 0 unspecified atom stereocenters. The Kier molecular flexibility index (Phi) is 7.29. The summed E-state index contributed by atoms with van der Waals surface area (Å²) >= 11 is 0. The van der Waals surface area contributed by atoms with Crippen LogP contribution in [0.15, 0.2) is 65.6 Å². The number of anilines is 1. The Morgan fingerprint density at radius 2 is 1.50 bits per heavy atom. The summed E-state index contributed by atoms with van der Waals surface area (Å²) in [5.74, 6) is -1.86. The van der Waals surface area contributed by atoms with E-state index in [4.69, 9.17) is 9.88 Å². The Bertz CT molecular complexity index is 1400. The van der Waals surface area contributed by atoms with Gasteiger partial charge in [0.25, 0.3) is 5.91 Å².